The first-order chi connectivity index (χ1) is 65.2. The van der Waals surface area contributed by atoms with Crippen LogP contribution in [0.3, 0.4) is 0 Å². The summed E-state index contributed by atoms with van der Waals surface area (Å²) < 4.78 is 17.8. The van der Waals surface area contributed by atoms with Crippen LogP contribution >= 0.6 is 0 Å². The van der Waals surface area contributed by atoms with Crippen LogP contribution in [-0.4, -0.2) is 88.7 Å². The van der Waals surface area contributed by atoms with Gasteiger partial charge in [-0.2, -0.15) is 0 Å². The molecule has 0 fully saturated rings. The fourth-order valence-electron chi connectivity index (χ4n) is 17.3. The number of nitrogens with zero attached hydrogens (tertiary/aromatic N) is 2. The molecular weight excluding hydrogens is 1660 g/mol. The average Bonchev–Trinajstić information content (AvgIpc) is 1.70. The summed E-state index contributed by atoms with van der Waals surface area (Å²) in [7, 11) is 0. The number of pyridine rings is 2. The third kappa shape index (κ3) is 37.4. The highest BCUT2D eigenvalue weighted by Gasteiger charge is 2.13. The summed E-state index contributed by atoms with van der Waals surface area (Å²) in [5.41, 5.74) is 31.6. The van der Waals surface area contributed by atoms with Crippen molar-refractivity contribution >= 4 is 93.4 Å². The Balaban J connectivity index is 0.000000212. The van der Waals surface area contributed by atoms with Gasteiger partial charge in [-0.3, -0.25) is 14.8 Å². The second-order valence-corrected chi connectivity index (χ2v) is 36.0. The first-order valence-corrected chi connectivity index (χ1v) is 51.3. The third-order valence-corrected chi connectivity index (χ3v) is 24.6. The van der Waals surface area contributed by atoms with Gasteiger partial charge in [0.1, 0.15) is 17.2 Å². The largest absolute Gasteiger partial charge is 0.494 e. The maximum atomic E-state index is 10.7. The summed E-state index contributed by atoms with van der Waals surface area (Å²) in [5.74, 6) is 3.05. The molecular formula is C119H172N12O4. The number of H-pyrrole nitrogens is 8. The zero-order chi connectivity index (χ0) is 94.4. The number of aryl methyl sites for hydroxylation is 9. The standard InChI is InChI=1S/C22H35NO.C20H31NO.C19H29NO.C12H14N2O.C12H15N.C11H14N2.C11H13N.C10H13N3.2CH4/c1-3-5-6-7-8-9-10-11-12-16-24-20-14-15-22-21(17-20)19(13-4-2)18-23-22;1-3-5-6-7-8-9-10-14-22-18-12-13-20-19(15-18)17(11-4-2)16-21-20;1-3-5-6-7-8-9-13-21-17-11-12-19-18(14-17)16(10-4-2)15-20-19;1-9(15)13-7-6-10-8-14-12-5-3-2-4-11(10)12;1-3-4-10-8-13-12-6-5-9(2)7-11(10)12;1-3-4-9-7-12-10-6-5-8(2)13-11(9)10;1-2-5-9-8-12-11-7-4-3-6-10(9)11;1-7-2-3-9-10(13-7)8(4-5-11)6-12-9;;/h14-15,17-18,23H,3-13,16H2,1-2H3;12-13,15-16,21H,3-11,14H2,1-2H3;11-12,14-15,20H,3-10,13H2,1-2H3;2-5,8,14H,6-7H2,1H3,(H,13,15);5-8,13H,3-4H2,1-2H3;5-7,12H,3-4H2,1-2H3;3-4,6-8,12H,2,5H2,1H3;2-3,6,12H,4-5,11H2,1H3;2*1H4. The fraction of sp³-hybridized carbons (Fsp3) is 0.471. The van der Waals surface area contributed by atoms with Crippen LogP contribution in [0.4, 0.5) is 0 Å². The Morgan fingerprint density at radius 2 is 0.556 bits per heavy atom. The molecule has 0 atom stereocenters. The molecule has 10 heterocycles. The van der Waals surface area contributed by atoms with E-state index in [4.69, 9.17) is 19.9 Å². The van der Waals surface area contributed by atoms with Gasteiger partial charge in [-0.05, 0) is 246 Å². The number of hydrogen-bond acceptors (Lipinski definition) is 7. The van der Waals surface area contributed by atoms with Crippen LogP contribution in [-0.2, 0) is 56.2 Å². The van der Waals surface area contributed by atoms with Gasteiger partial charge in [0.25, 0.3) is 0 Å². The minimum Gasteiger partial charge on any atom is -0.494 e. The second-order valence-electron chi connectivity index (χ2n) is 36.0. The molecule has 16 aromatic rings. The molecule has 732 valence electrons. The highest BCUT2D eigenvalue weighted by molar-refractivity contribution is 5.88. The Kier molecular flexibility index (Phi) is 52.4. The van der Waals surface area contributed by atoms with E-state index < -0.39 is 0 Å². The number of carbonyl (C=O) groups excluding carboxylic acids is 1. The number of unbranched alkanes of at least 4 members (excludes halogenated alkanes) is 19. The van der Waals surface area contributed by atoms with Gasteiger partial charge in [0.15, 0.2) is 0 Å². The summed E-state index contributed by atoms with van der Waals surface area (Å²) in [5, 5.41) is 10.8. The number of nitrogens with two attached hydrogens (primary N) is 1. The van der Waals surface area contributed by atoms with Crippen molar-refractivity contribution in [3.63, 3.8) is 0 Å². The maximum Gasteiger partial charge on any atom is 0.216 e. The molecule has 0 unspecified atom stereocenters. The van der Waals surface area contributed by atoms with Gasteiger partial charge in [-0.15, -0.1) is 0 Å². The van der Waals surface area contributed by atoms with Crippen LogP contribution in [0.25, 0.3) is 87.5 Å². The van der Waals surface area contributed by atoms with Gasteiger partial charge in [0.05, 0.1) is 41.9 Å². The Hall–Kier alpha value is -11.2. The molecule has 16 heteroatoms. The van der Waals surface area contributed by atoms with E-state index in [0.717, 1.165) is 121 Å². The smallest absolute Gasteiger partial charge is 0.216 e. The zero-order valence-corrected chi connectivity index (χ0v) is 83.6. The zero-order valence-electron chi connectivity index (χ0n) is 83.6. The maximum absolute atomic E-state index is 10.7. The first-order valence-electron chi connectivity index (χ1n) is 51.3. The first kappa shape index (κ1) is 111. The molecule has 16 rings (SSSR count). The Morgan fingerprint density at radius 3 is 0.889 bits per heavy atom. The van der Waals surface area contributed by atoms with E-state index in [1.54, 1.807) is 0 Å². The van der Waals surface area contributed by atoms with Crippen LogP contribution in [0.1, 0.15) is 325 Å². The van der Waals surface area contributed by atoms with E-state index in [1.807, 2.05) is 50.5 Å². The van der Waals surface area contributed by atoms with Crippen LogP contribution in [0, 0.1) is 20.8 Å². The Bertz CT molecular complexity index is 5680. The summed E-state index contributed by atoms with van der Waals surface area (Å²) in [6.45, 7) is 31.7. The lowest BCUT2D eigenvalue weighted by Crippen LogP contribution is -2.22. The molecule has 0 aliphatic heterocycles. The van der Waals surface area contributed by atoms with Gasteiger partial charge < -0.3 is 65.1 Å². The predicted octanol–water partition coefficient (Wildman–Crippen LogP) is 33.0. The Labute approximate surface area is 811 Å². The summed E-state index contributed by atoms with van der Waals surface area (Å²) >= 11 is 0. The number of hydrogen-bond donors (Lipinski definition) is 10. The number of aromatic nitrogens is 10. The van der Waals surface area contributed by atoms with Crippen molar-refractivity contribution in [3.05, 3.63) is 257 Å². The van der Waals surface area contributed by atoms with Crippen molar-refractivity contribution < 1.29 is 19.0 Å². The van der Waals surface area contributed by atoms with E-state index in [0.29, 0.717) is 13.1 Å². The number of amides is 1. The quantitative estimate of drug-likeness (QED) is 0.0166. The molecule has 0 aliphatic rings. The van der Waals surface area contributed by atoms with Crippen LogP contribution in [0.15, 0.2) is 195 Å². The molecule has 135 heavy (non-hydrogen) atoms. The molecule has 10 aromatic heterocycles. The molecule has 0 spiro atoms. The van der Waals surface area contributed by atoms with Crippen molar-refractivity contribution in [2.24, 2.45) is 5.73 Å². The van der Waals surface area contributed by atoms with E-state index in [-0.39, 0.29) is 20.8 Å². The van der Waals surface area contributed by atoms with Gasteiger partial charge in [-0.25, -0.2) is 0 Å². The molecule has 6 aromatic carbocycles. The third-order valence-electron chi connectivity index (χ3n) is 24.6. The summed E-state index contributed by atoms with van der Waals surface area (Å²) in [6.07, 6.45) is 61.7. The lowest BCUT2D eigenvalue weighted by molar-refractivity contribution is -0.118. The molecule has 11 N–H and O–H groups in total. The predicted molar refractivity (Wildman–Crippen MR) is 584 cm³/mol. The minimum absolute atomic E-state index is 0. The fourth-order valence-corrected chi connectivity index (χ4v) is 17.3. The minimum atomic E-state index is 0. The molecule has 0 saturated heterocycles. The van der Waals surface area contributed by atoms with E-state index in [9.17, 15) is 4.79 Å². The molecule has 0 aliphatic carbocycles. The molecule has 0 saturated carbocycles. The van der Waals surface area contributed by atoms with E-state index in [1.165, 1.54) is 303 Å². The molecule has 0 bridgehead atoms. The van der Waals surface area contributed by atoms with Crippen molar-refractivity contribution in [1.82, 2.24) is 55.2 Å². The SMILES string of the molecule is C.C.CC(=O)NCCc1c[nH]c2ccccc12.CCCCCCCCCCCOc1ccc2[nH]cc(CCC)c2c1.CCCCCCCCCOc1ccc2[nH]cc(CCC)c2c1.CCCCCCCCOc1ccc2[nH]cc(CCC)c2c1.CCCc1c[nH]c2ccc(C)cc12.CCCc1c[nH]c2ccc(C)nc12.CCCc1c[nH]c2ccccc12.Cc1ccc2[nH]cc(CCN)c2n1. The highest BCUT2D eigenvalue weighted by atomic mass is 16.5. The van der Waals surface area contributed by atoms with Crippen LogP contribution in [0.5, 0.6) is 17.2 Å². The van der Waals surface area contributed by atoms with Crippen LogP contribution < -0.4 is 25.3 Å². The number of nitrogens with one attached hydrogen (secondary N) is 9. The second kappa shape index (κ2) is 63.9. The van der Waals surface area contributed by atoms with Crippen molar-refractivity contribution in [3.8, 4) is 17.2 Å². The number of para-hydroxylation sites is 2. The summed E-state index contributed by atoms with van der Waals surface area (Å²) in [6, 6.07) is 50.6. The van der Waals surface area contributed by atoms with Crippen molar-refractivity contribution in [2.45, 2.75) is 336 Å². The normalized spacial score (nSPS) is 10.8. The van der Waals surface area contributed by atoms with Gasteiger partial charge in [0, 0.05) is 140 Å². The molecule has 16 nitrogen and oxygen atoms in total. The monoisotopic (exact) mass is 1830 g/mol. The van der Waals surface area contributed by atoms with E-state index >= 15 is 0 Å². The number of benzene rings is 6. The topological polar surface area (TPSA) is 235 Å². The summed E-state index contributed by atoms with van der Waals surface area (Å²) in [4.78, 5) is 46.0. The highest BCUT2D eigenvalue weighted by Crippen LogP contribution is 2.31. The van der Waals surface area contributed by atoms with E-state index in [2.05, 4.69) is 283 Å². The number of rotatable bonds is 45. The lowest BCUT2D eigenvalue weighted by Gasteiger charge is -2.07. The van der Waals surface area contributed by atoms with Crippen molar-refractivity contribution in [2.75, 3.05) is 32.9 Å². The molecule has 0 radical (unpaired) electrons. The number of fused-ring (bicyclic) bond motifs is 8. The lowest BCUT2D eigenvalue weighted by atomic mass is 10.1. The number of aromatic amines is 8. The van der Waals surface area contributed by atoms with Crippen molar-refractivity contribution in [1.29, 1.82) is 0 Å². The van der Waals surface area contributed by atoms with Gasteiger partial charge in [0.2, 0.25) is 5.91 Å². The average molecular weight is 1830 g/mol. The Morgan fingerprint density at radius 1 is 0.289 bits per heavy atom. The number of ether oxygens (including phenoxy) is 3. The number of carbonyl (C=O) groups is 1. The van der Waals surface area contributed by atoms with Gasteiger partial charge in [-0.1, -0.05) is 286 Å². The van der Waals surface area contributed by atoms with Crippen LogP contribution in [0.2, 0.25) is 0 Å². The van der Waals surface area contributed by atoms with Gasteiger partial charge >= 0.3 is 0 Å². The molecule has 1 amide bonds.